The summed E-state index contributed by atoms with van der Waals surface area (Å²) in [6, 6.07) is 0. The zero-order chi connectivity index (χ0) is 88.1. The van der Waals surface area contributed by atoms with E-state index in [0.717, 1.165) is 71.1 Å². The molecule has 119 heavy (non-hydrogen) atoms. The Morgan fingerprint density at radius 3 is 0.958 bits per heavy atom. The van der Waals surface area contributed by atoms with E-state index in [1.807, 2.05) is 88.5 Å². The van der Waals surface area contributed by atoms with Crippen LogP contribution in [0.1, 0.15) is 312 Å². The molecule has 4 aliphatic rings. The maximum atomic E-state index is 13.8. The van der Waals surface area contributed by atoms with Crippen LogP contribution in [0.4, 0.5) is 0 Å². The molecule has 4 aliphatic carbocycles. The minimum atomic E-state index is -0.558. The van der Waals surface area contributed by atoms with Gasteiger partial charge in [0, 0.05) is 76.1 Å². The second kappa shape index (κ2) is 53.8. The minimum Gasteiger partial charge on any atom is -0.356 e. The van der Waals surface area contributed by atoms with Crippen molar-refractivity contribution in [3.63, 3.8) is 0 Å². The topological polar surface area (TPSA) is 209 Å². The summed E-state index contributed by atoms with van der Waals surface area (Å²) in [5.74, 6) is -2.87. The molecule has 2 atom stereocenters. The van der Waals surface area contributed by atoms with E-state index in [1.54, 1.807) is 24.3 Å². The summed E-state index contributed by atoms with van der Waals surface area (Å²) in [6.07, 6.45) is 65.1. The molecule has 0 aromatic rings. The molecule has 0 spiro atoms. The second-order valence-electron chi connectivity index (χ2n) is 37.1. The van der Waals surface area contributed by atoms with Gasteiger partial charge in [-0.15, -0.1) is 0 Å². The van der Waals surface area contributed by atoms with Crippen molar-refractivity contribution in [1.29, 1.82) is 0 Å². The first kappa shape index (κ1) is 103. The molecule has 0 aromatic heterocycles. The zero-order valence-electron chi connectivity index (χ0n) is 77.5. The highest BCUT2D eigenvalue weighted by Crippen LogP contribution is 2.45. The van der Waals surface area contributed by atoms with E-state index in [9.17, 15) is 38.4 Å². The summed E-state index contributed by atoms with van der Waals surface area (Å²) < 4.78 is 0. The van der Waals surface area contributed by atoms with E-state index in [1.165, 1.54) is 102 Å². The van der Waals surface area contributed by atoms with E-state index in [-0.39, 0.29) is 87.9 Å². The molecule has 14 nitrogen and oxygen atoms in total. The molecule has 6 N–H and O–H groups in total. The molecule has 6 amide bonds. The number of hydrogen-bond acceptors (Lipinski definition) is 8. The fourth-order valence-electron chi connectivity index (χ4n) is 17.0. The van der Waals surface area contributed by atoms with E-state index >= 15 is 0 Å². The third kappa shape index (κ3) is 41.4. The Hall–Kier alpha value is -8.78. The summed E-state index contributed by atoms with van der Waals surface area (Å²) in [5.41, 5.74) is 20.0. The molecule has 14 heteroatoms. The van der Waals surface area contributed by atoms with Crippen LogP contribution >= 0.6 is 0 Å². The summed E-state index contributed by atoms with van der Waals surface area (Å²) >= 11 is 0. The van der Waals surface area contributed by atoms with Crippen molar-refractivity contribution in [3.8, 4) is 0 Å². The number of nitrogens with one attached hydrogen (secondary N) is 6. The summed E-state index contributed by atoms with van der Waals surface area (Å²) in [7, 11) is 0. The molecule has 0 radical (unpaired) electrons. The van der Waals surface area contributed by atoms with Gasteiger partial charge in [-0.05, 0) is 308 Å². The van der Waals surface area contributed by atoms with Gasteiger partial charge >= 0.3 is 0 Å². The Bertz CT molecular complexity index is 4090. The standard InChI is InChI=1S/C105H156N6O8/c1-76(53-56-92-83(8)47-35-59-102(92,13)14)39-31-42-79(4)69-90(112)73-88(51-23-29-65-106-95(114)71-81(6)44-33-41-78(3)55-58-94-85(10)49-37-61-104(94,17)18)100(118)110-67-27-21-25-63-108-97(116)75-98(117)109-64-26-22-28-68-111-101(119)89(74-91(113)70-80(5)43-32-40-77(2)54-57-93-84(9)48-36-60-103(93,15)16)52-24-30-66-107-96(115)72-82(7)45-34-46-86(11)99-87(12)50-38-62-105(99,19)20/h31-34,39-46,53-58,69-72,88-89H,21-30,35-38,47-52,59-68,73-75H2,1-20H3,(H,106,114)(H,107,115)(H,108,116)(H,109,117)(H,110,118)(H,111,119)/b42-31+,43-32+,44-33+,45-34+,56-53+,57-54+,58-55+,76-39+,77-40+,78-41+,79-69+,80-70+,81-71+,82-72+,86-46+. The molecular weight excluding hydrogens is 1470 g/mol. The second-order valence-corrected chi connectivity index (χ2v) is 37.1. The zero-order valence-corrected chi connectivity index (χ0v) is 77.5. The van der Waals surface area contributed by atoms with E-state index in [2.05, 4.69) is 191 Å². The van der Waals surface area contributed by atoms with Gasteiger partial charge in [-0.2, -0.15) is 0 Å². The Labute approximate surface area is 720 Å². The third-order valence-corrected chi connectivity index (χ3v) is 23.8. The lowest BCUT2D eigenvalue weighted by Crippen LogP contribution is -2.34. The van der Waals surface area contributed by atoms with Gasteiger partial charge in [0.05, 0.1) is 0 Å². The third-order valence-electron chi connectivity index (χ3n) is 23.8. The van der Waals surface area contributed by atoms with E-state index in [0.29, 0.717) is 110 Å². The van der Waals surface area contributed by atoms with Gasteiger partial charge in [0.2, 0.25) is 35.4 Å². The molecule has 0 bridgehead atoms. The lowest BCUT2D eigenvalue weighted by Gasteiger charge is -2.35. The number of hydrogen-bond donors (Lipinski definition) is 6. The van der Waals surface area contributed by atoms with E-state index in [4.69, 9.17) is 0 Å². The Kier molecular flexibility index (Phi) is 46.4. The smallest absolute Gasteiger partial charge is 0.244 e. The van der Waals surface area contributed by atoms with Gasteiger partial charge in [0.1, 0.15) is 6.42 Å². The Morgan fingerprint density at radius 1 is 0.328 bits per heavy atom. The molecule has 0 aliphatic heterocycles. The molecule has 0 heterocycles. The predicted molar refractivity (Wildman–Crippen MR) is 500 cm³/mol. The molecular formula is C105H156N6O8. The number of carbonyl (C=O) groups is 8. The number of amides is 6. The SMILES string of the molecule is CC1=C(/C=C/C(C)=C/C=C/C(C)=C/C(=O)CC(CCCCNC(=O)/C=C(C)/C=C/C=C(C)/C=C/C2=C(C)CCCC2(C)C)C(=O)NCCCCCNC(=O)CC(=O)NCCCCCNC(=O)C(CCCCNC(=O)/C=C(C)/C=C/C=C(\C)C2=C(C)CCCC2(C)C)CC(=O)/C=C(C)/C=C/C=C(C)/C=C/C2=C(C)CCCC2(C)C)C(C)(C)CCC1. The normalized spacial score (nSPS) is 18.7. The highest BCUT2D eigenvalue weighted by atomic mass is 16.2. The largest absolute Gasteiger partial charge is 0.356 e. The van der Waals surface area contributed by atoms with Gasteiger partial charge in [-0.3, -0.25) is 38.4 Å². The van der Waals surface area contributed by atoms with Crippen molar-refractivity contribution in [3.05, 3.63) is 223 Å². The molecule has 654 valence electrons. The van der Waals surface area contributed by atoms with Crippen molar-refractivity contribution in [2.45, 2.75) is 312 Å². The first-order valence-corrected chi connectivity index (χ1v) is 45.0. The summed E-state index contributed by atoms with van der Waals surface area (Å²) in [4.78, 5) is 106. The number of rotatable bonds is 49. The Balaban J connectivity index is 1.23. The average molecular weight is 1630 g/mol. The maximum Gasteiger partial charge on any atom is 0.244 e. The lowest BCUT2D eigenvalue weighted by atomic mass is 9.70. The maximum absolute atomic E-state index is 13.8. The van der Waals surface area contributed by atoms with Crippen molar-refractivity contribution in [2.75, 3.05) is 39.3 Å². The van der Waals surface area contributed by atoms with Gasteiger partial charge < -0.3 is 31.9 Å². The summed E-state index contributed by atoms with van der Waals surface area (Å²) in [6.45, 7) is 45.9. The molecule has 0 saturated heterocycles. The van der Waals surface area contributed by atoms with Crippen molar-refractivity contribution < 1.29 is 38.4 Å². The van der Waals surface area contributed by atoms with Crippen LogP contribution in [-0.2, 0) is 38.4 Å². The monoisotopic (exact) mass is 1630 g/mol. The highest BCUT2D eigenvalue weighted by molar-refractivity contribution is 5.97. The lowest BCUT2D eigenvalue weighted by molar-refractivity contribution is -0.129. The van der Waals surface area contributed by atoms with Crippen molar-refractivity contribution >= 4 is 47.0 Å². The van der Waals surface area contributed by atoms with Gasteiger partial charge in [0.15, 0.2) is 11.6 Å². The fraction of sp³-hybridized carbons (Fsp3) is 0.562. The van der Waals surface area contributed by atoms with Crippen LogP contribution in [0.25, 0.3) is 0 Å². The molecule has 0 aromatic carbocycles. The van der Waals surface area contributed by atoms with Crippen LogP contribution in [0.15, 0.2) is 223 Å². The summed E-state index contributed by atoms with van der Waals surface area (Å²) in [5, 5.41) is 17.8. The molecule has 2 unspecified atom stereocenters. The first-order chi connectivity index (χ1) is 56.3. The number of allylic oxidation sites excluding steroid dienone is 36. The van der Waals surface area contributed by atoms with Gasteiger partial charge in [-0.25, -0.2) is 0 Å². The van der Waals surface area contributed by atoms with Crippen LogP contribution in [-0.4, -0.2) is 86.3 Å². The van der Waals surface area contributed by atoms with Crippen molar-refractivity contribution in [2.24, 2.45) is 33.5 Å². The van der Waals surface area contributed by atoms with E-state index < -0.39 is 11.8 Å². The average Bonchev–Trinajstić information content (AvgIpc) is 0.812. The van der Waals surface area contributed by atoms with Crippen LogP contribution in [0, 0.1) is 33.5 Å². The molecule has 4 rings (SSSR count). The van der Waals surface area contributed by atoms with Gasteiger partial charge in [0.25, 0.3) is 0 Å². The predicted octanol–water partition coefficient (Wildman–Crippen LogP) is 23.5. The van der Waals surface area contributed by atoms with Crippen LogP contribution < -0.4 is 31.9 Å². The van der Waals surface area contributed by atoms with Gasteiger partial charge in [-0.1, -0.05) is 217 Å². The van der Waals surface area contributed by atoms with Crippen molar-refractivity contribution in [1.82, 2.24) is 31.9 Å². The molecule has 0 saturated carbocycles. The van der Waals surface area contributed by atoms with Crippen LogP contribution in [0.5, 0.6) is 0 Å². The quantitative estimate of drug-likeness (QED) is 0.0149. The van der Waals surface area contributed by atoms with Crippen LogP contribution in [0.2, 0.25) is 0 Å². The highest BCUT2D eigenvalue weighted by Gasteiger charge is 2.32. The Morgan fingerprint density at radius 2 is 0.622 bits per heavy atom. The number of unbranched alkanes of at least 4 members (excludes halogenated alkanes) is 6. The van der Waals surface area contributed by atoms with Crippen LogP contribution in [0.3, 0.4) is 0 Å². The number of carbonyl (C=O) groups excluding carboxylic acids is 8. The number of ketones is 2. The minimum absolute atomic E-state index is 0.0533. The fourth-order valence-corrected chi connectivity index (χ4v) is 17.0. The first-order valence-electron chi connectivity index (χ1n) is 45.0. The molecule has 0 fully saturated rings.